The van der Waals surface area contributed by atoms with Crippen LogP contribution < -0.4 is 5.32 Å². The fourth-order valence-corrected chi connectivity index (χ4v) is 3.98. The standard InChI is InChI=1S/C22H23N5O3/c28-22(25-15-16-8-10-23-11-9-16)19-7-6-18(27(29)30)14-20(19)26-13-12-24-21(26)17-4-2-1-3-5-17/h6-14,17H,1-5,15H2,(H,25,28). The van der Waals surface area contributed by atoms with E-state index < -0.39 is 4.92 Å². The second kappa shape index (κ2) is 8.86. The molecule has 1 aliphatic carbocycles. The van der Waals surface area contributed by atoms with Crippen molar-refractivity contribution >= 4 is 11.6 Å². The predicted octanol–water partition coefficient (Wildman–Crippen LogP) is 4.15. The number of carbonyl (C=O) groups is 1. The zero-order valence-corrected chi connectivity index (χ0v) is 16.5. The Labute approximate surface area is 174 Å². The molecule has 0 unspecified atom stereocenters. The third kappa shape index (κ3) is 4.22. The number of hydrogen-bond acceptors (Lipinski definition) is 5. The third-order valence-corrected chi connectivity index (χ3v) is 5.54. The first-order chi connectivity index (χ1) is 14.6. The lowest BCUT2D eigenvalue weighted by Gasteiger charge is -2.23. The van der Waals surface area contributed by atoms with Crippen LogP contribution in [0.5, 0.6) is 0 Å². The van der Waals surface area contributed by atoms with Crippen LogP contribution in [0.15, 0.2) is 55.1 Å². The summed E-state index contributed by atoms with van der Waals surface area (Å²) in [6.45, 7) is 0.344. The van der Waals surface area contributed by atoms with E-state index in [0.29, 0.717) is 23.7 Å². The molecule has 1 aliphatic rings. The number of non-ortho nitro benzene ring substituents is 1. The van der Waals surface area contributed by atoms with E-state index in [1.807, 2.05) is 16.7 Å². The molecule has 0 radical (unpaired) electrons. The maximum absolute atomic E-state index is 13.0. The van der Waals surface area contributed by atoms with Gasteiger partial charge in [0.25, 0.3) is 11.6 Å². The van der Waals surface area contributed by atoms with Gasteiger partial charge in [-0.25, -0.2) is 4.98 Å². The summed E-state index contributed by atoms with van der Waals surface area (Å²) in [7, 11) is 0. The number of nitro groups is 1. The highest BCUT2D eigenvalue weighted by Gasteiger charge is 2.24. The lowest BCUT2D eigenvalue weighted by atomic mass is 9.88. The van der Waals surface area contributed by atoms with Crippen LogP contribution in [-0.2, 0) is 6.54 Å². The molecule has 3 aromatic rings. The topological polar surface area (TPSA) is 103 Å². The Hall–Kier alpha value is -3.55. The molecule has 1 fully saturated rings. The van der Waals surface area contributed by atoms with E-state index in [0.717, 1.165) is 37.1 Å². The molecule has 8 nitrogen and oxygen atoms in total. The van der Waals surface area contributed by atoms with Gasteiger partial charge in [0.2, 0.25) is 0 Å². The average molecular weight is 405 g/mol. The normalized spacial score (nSPS) is 14.4. The van der Waals surface area contributed by atoms with E-state index in [4.69, 9.17) is 0 Å². The van der Waals surface area contributed by atoms with Gasteiger partial charge in [0.1, 0.15) is 5.82 Å². The maximum atomic E-state index is 13.0. The summed E-state index contributed by atoms with van der Waals surface area (Å²) in [5, 5.41) is 14.3. The number of carbonyl (C=O) groups excluding carboxylic acids is 1. The first-order valence-electron chi connectivity index (χ1n) is 10.1. The summed E-state index contributed by atoms with van der Waals surface area (Å²) in [5.41, 5.74) is 1.73. The first-order valence-corrected chi connectivity index (χ1v) is 10.1. The molecule has 8 heteroatoms. The number of hydrogen-bond donors (Lipinski definition) is 1. The summed E-state index contributed by atoms with van der Waals surface area (Å²) < 4.78 is 1.84. The summed E-state index contributed by atoms with van der Waals surface area (Å²) >= 11 is 0. The molecular weight excluding hydrogens is 382 g/mol. The van der Waals surface area contributed by atoms with Gasteiger partial charge in [-0.3, -0.25) is 19.9 Å². The van der Waals surface area contributed by atoms with Gasteiger partial charge in [-0.2, -0.15) is 0 Å². The van der Waals surface area contributed by atoms with E-state index in [-0.39, 0.29) is 11.6 Å². The van der Waals surface area contributed by atoms with Gasteiger partial charge in [0, 0.05) is 49.4 Å². The van der Waals surface area contributed by atoms with E-state index >= 15 is 0 Å². The van der Waals surface area contributed by atoms with Crippen molar-refractivity contribution in [1.82, 2.24) is 19.9 Å². The van der Waals surface area contributed by atoms with Crippen LogP contribution in [0.1, 0.15) is 59.8 Å². The molecular formula is C22H23N5O3. The second-order valence-electron chi connectivity index (χ2n) is 7.49. The molecule has 1 N–H and O–H groups in total. The van der Waals surface area contributed by atoms with Gasteiger partial charge < -0.3 is 9.88 Å². The van der Waals surface area contributed by atoms with Crippen molar-refractivity contribution in [2.45, 2.75) is 44.6 Å². The number of nitrogens with one attached hydrogen (secondary N) is 1. The molecule has 2 heterocycles. The summed E-state index contributed by atoms with van der Waals surface area (Å²) in [5.74, 6) is 0.860. The van der Waals surface area contributed by atoms with Gasteiger partial charge in [0.15, 0.2) is 0 Å². The minimum absolute atomic E-state index is 0.0565. The molecule has 0 atom stereocenters. The van der Waals surface area contributed by atoms with Crippen LogP contribution in [0.3, 0.4) is 0 Å². The minimum atomic E-state index is -0.445. The molecule has 0 saturated heterocycles. The van der Waals surface area contributed by atoms with Crippen molar-refractivity contribution in [1.29, 1.82) is 0 Å². The van der Waals surface area contributed by atoms with Gasteiger partial charge in [-0.1, -0.05) is 19.3 Å². The highest BCUT2D eigenvalue weighted by molar-refractivity contribution is 5.98. The Bertz CT molecular complexity index is 1040. The van der Waals surface area contributed by atoms with Crippen molar-refractivity contribution in [2.75, 3.05) is 0 Å². The Morgan fingerprint density at radius 3 is 2.63 bits per heavy atom. The van der Waals surface area contributed by atoms with Crippen molar-refractivity contribution in [2.24, 2.45) is 0 Å². The fraction of sp³-hybridized carbons (Fsp3) is 0.318. The van der Waals surface area contributed by atoms with Crippen LogP contribution in [0.25, 0.3) is 5.69 Å². The lowest BCUT2D eigenvalue weighted by molar-refractivity contribution is -0.384. The summed E-state index contributed by atoms with van der Waals surface area (Å²) in [6.07, 6.45) is 12.4. The Morgan fingerprint density at radius 2 is 1.90 bits per heavy atom. The highest BCUT2D eigenvalue weighted by Crippen LogP contribution is 2.34. The molecule has 1 saturated carbocycles. The van der Waals surface area contributed by atoms with E-state index in [1.54, 1.807) is 24.8 Å². The zero-order valence-electron chi connectivity index (χ0n) is 16.5. The molecule has 4 rings (SSSR count). The van der Waals surface area contributed by atoms with Gasteiger partial charge in [0.05, 0.1) is 16.2 Å². The molecule has 154 valence electrons. The first kappa shape index (κ1) is 19.8. The number of amides is 1. The number of pyridine rings is 1. The molecule has 0 spiro atoms. The van der Waals surface area contributed by atoms with Gasteiger partial charge in [-0.15, -0.1) is 0 Å². The smallest absolute Gasteiger partial charge is 0.271 e. The number of nitrogens with zero attached hydrogens (tertiary/aromatic N) is 4. The van der Waals surface area contributed by atoms with Crippen molar-refractivity contribution in [3.05, 3.63) is 82.2 Å². The quantitative estimate of drug-likeness (QED) is 0.490. The predicted molar refractivity (Wildman–Crippen MR) is 111 cm³/mol. The molecule has 0 bridgehead atoms. The van der Waals surface area contributed by atoms with Crippen molar-refractivity contribution in [3.8, 4) is 5.69 Å². The number of imidazole rings is 1. The van der Waals surface area contributed by atoms with Crippen molar-refractivity contribution in [3.63, 3.8) is 0 Å². The largest absolute Gasteiger partial charge is 0.348 e. The van der Waals surface area contributed by atoms with Crippen LogP contribution in [0.2, 0.25) is 0 Å². The van der Waals surface area contributed by atoms with E-state index in [9.17, 15) is 14.9 Å². The molecule has 1 aromatic carbocycles. The van der Waals surface area contributed by atoms with Crippen LogP contribution in [0, 0.1) is 10.1 Å². The Kier molecular flexibility index (Phi) is 5.83. The molecule has 30 heavy (non-hydrogen) atoms. The van der Waals surface area contributed by atoms with Gasteiger partial charge >= 0.3 is 0 Å². The number of nitro benzene ring substituents is 1. The van der Waals surface area contributed by atoms with E-state index in [1.165, 1.54) is 24.6 Å². The minimum Gasteiger partial charge on any atom is -0.348 e. The highest BCUT2D eigenvalue weighted by atomic mass is 16.6. The SMILES string of the molecule is O=C(NCc1ccncc1)c1ccc([N+](=O)[O-])cc1-n1ccnc1C1CCCCC1. The monoisotopic (exact) mass is 405 g/mol. The number of rotatable bonds is 6. The fourth-order valence-electron chi connectivity index (χ4n) is 3.98. The number of benzene rings is 1. The van der Waals surface area contributed by atoms with Crippen LogP contribution in [0.4, 0.5) is 5.69 Å². The van der Waals surface area contributed by atoms with Crippen LogP contribution >= 0.6 is 0 Å². The molecule has 2 aromatic heterocycles. The number of aromatic nitrogens is 3. The lowest BCUT2D eigenvalue weighted by Crippen LogP contribution is -2.24. The van der Waals surface area contributed by atoms with Crippen molar-refractivity contribution < 1.29 is 9.72 Å². The third-order valence-electron chi connectivity index (χ3n) is 5.54. The van der Waals surface area contributed by atoms with E-state index in [2.05, 4.69) is 15.3 Å². The second-order valence-corrected chi connectivity index (χ2v) is 7.49. The Morgan fingerprint density at radius 1 is 1.13 bits per heavy atom. The molecule has 1 amide bonds. The Balaban J connectivity index is 1.68. The summed E-state index contributed by atoms with van der Waals surface area (Å²) in [4.78, 5) is 32.4. The summed E-state index contributed by atoms with van der Waals surface area (Å²) in [6, 6.07) is 7.99. The van der Waals surface area contributed by atoms with Gasteiger partial charge in [-0.05, 0) is 36.6 Å². The van der Waals surface area contributed by atoms with Crippen LogP contribution in [-0.4, -0.2) is 25.4 Å². The molecule has 0 aliphatic heterocycles. The zero-order chi connectivity index (χ0) is 20.9. The average Bonchev–Trinajstić information content (AvgIpc) is 3.28. The maximum Gasteiger partial charge on any atom is 0.271 e.